The zero-order valence-corrected chi connectivity index (χ0v) is 13.4. The van der Waals surface area contributed by atoms with Crippen LogP contribution in [0.1, 0.15) is 32.3 Å². The van der Waals surface area contributed by atoms with Crippen LogP contribution in [0.3, 0.4) is 0 Å². The molecule has 2 aromatic rings. The van der Waals surface area contributed by atoms with E-state index in [1.165, 1.54) is 23.6 Å². The molecule has 21 heavy (non-hydrogen) atoms. The van der Waals surface area contributed by atoms with Crippen molar-refractivity contribution in [3.63, 3.8) is 0 Å². The van der Waals surface area contributed by atoms with Crippen molar-refractivity contribution in [1.29, 1.82) is 0 Å². The van der Waals surface area contributed by atoms with Crippen molar-refractivity contribution >= 4 is 22.4 Å². The third-order valence-corrected chi connectivity index (χ3v) is 3.56. The van der Waals surface area contributed by atoms with Gasteiger partial charge in [0.2, 0.25) is 0 Å². The number of hydrogen-bond acceptors (Lipinski definition) is 1. The Morgan fingerprint density at radius 1 is 1.14 bits per heavy atom. The van der Waals surface area contributed by atoms with Gasteiger partial charge in [-0.05, 0) is 47.4 Å². The second kappa shape index (κ2) is 7.96. The van der Waals surface area contributed by atoms with Gasteiger partial charge in [0.15, 0.2) is 0 Å². The summed E-state index contributed by atoms with van der Waals surface area (Å²) in [5.74, 6) is 7.81. The molecule has 0 aliphatic heterocycles. The SMILES string of the molecule is CCCC(C)COc1ccc2cc(C#CCCl)ccc2c1. The van der Waals surface area contributed by atoms with Gasteiger partial charge in [-0.2, -0.15) is 0 Å². The fourth-order valence-corrected chi connectivity index (χ4v) is 2.41. The molecule has 0 aromatic heterocycles. The highest BCUT2D eigenvalue weighted by molar-refractivity contribution is 6.19. The summed E-state index contributed by atoms with van der Waals surface area (Å²) in [6, 6.07) is 12.4. The average molecular weight is 301 g/mol. The molecule has 0 aliphatic rings. The van der Waals surface area contributed by atoms with Gasteiger partial charge in [0.05, 0.1) is 12.5 Å². The van der Waals surface area contributed by atoms with Crippen molar-refractivity contribution in [2.75, 3.05) is 12.5 Å². The van der Waals surface area contributed by atoms with Gasteiger partial charge in [-0.15, -0.1) is 11.6 Å². The summed E-state index contributed by atoms with van der Waals surface area (Å²) in [4.78, 5) is 0. The van der Waals surface area contributed by atoms with Crippen LogP contribution >= 0.6 is 11.6 Å². The molecule has 1 atom stereocenters. The largest absolute Gasteiger partial charge is 0.493 e. The maximum Gasteiger partial charge on any atom is 0.119 e. The molecule has 2 heteroatoms. The fraction of sp³-hybridized carbons (Fsp3) is 0.368. The summed E-state index contributed by atoms with van der Waals surface area (Å²) in [6.07, 6.45) is 2.41. The minimum Gasteiger partial charge on any atom is -0.493 e. The zero-order chi connectivity index (χ0) is 15.1. The highest BCUT2D eigenvalue weighted by Crippen LogP contribution is 2.22. The van der Waals surface area contributed by atoms with Crippen LogP contribution in [0, 0.1) is 17.8 Å². The van der Waals surface area contributed by atoms with Crippen molar-refractivity contribution in [3.05, 3.63) is 42.0 Å². The second-order valence-electron chi connectivity index (χ2n) is 5.36. The molecule has 2 aromatic carbocycles. The summed E-state index contributed by atoms with van der Waals surface area (Å²) in [5, 5.41) is 2.34. The zero-order valence-electron chi connectivity index (χ0n) is 12.7. The molecule has 0 amide bonds. The maximum absolute atomic E-state index is 5.88. The molecule has 0 bridgehead atoms. The Balaban J connectivity index is 2.11. The molecular formula is C19H21ClO. The van der Waals surface area contributed by atoms with E-state index >= 15 is 0 Å². The molecule has 0 saturated heterocycles. The van der Waals surface area contributed by atoms with Crippen LogP contribution in [0.5, 0.6) is 5.75 Å². The van der Waals surface area contributed by atoms with Gasteiger partial charge >= 0.3 is 0 Å². The van der Waals surface area contributed by atoms with Crippen LogP contribution < -0.4 is 4.74 Å². The van der Waals surface area contributed by atoms with Crippen LogP contribution in [-0.2, 0) is 0 Å². The number of alkyl halides is 1. The van der Waals surface area contributed by atoms with E-state index in [0.29, 0.717) is 11.8 Å². The number of rotatable bonds is 5. The molecule has 0 heterocycles. The van der Waals surface area contributed by atoms with Crippen molar-refractivity contribution in [2.45, 2.75) is 26.7 Å². The fourth-order valence-electron chi connectivity index (χ4n) is 2.34. The van der Waals surface area contributed by atoms with Crippen LogP contribution in [-0.4, -0.2) is 12.5 Å². The molecule has 0 fully saturated rings. The Morgan fingerprint density at radius 2 is 1.90 bits per heavy atom. The van der Waals surface area contributed by atoms with Crippen molar-refractivity contribution in [2.24, 2.45) is 5.92 Å². The highest BCUT2D eigenvalue weighted by atomic mass is 35.5. The topological polar surface area (TPSA) is 9.23 Å². The van der Waals surface area contributed by atoms with Crippen LogP contribution in [0.2, 0.25) is 0 Å². The summed E-state index contributed by atoms with van der Waals surface area (Å²) >= 11 is 5.58. The minimum atomic E-state index is 0.362. The van der Waals surface area contributed by atoms with Crippen molar-refractivity contribution in [3.8, 4) is 17.6 Å². The lowest BCUT2D eigenvalue weighted by Crippen LogP contribution is -2.07. The minimum absolute atomic E-state index is 0.362. The lowest BCUT2D eigenvalue weighted by atomic mass is 10.1. The molecule has 0 spiro atoms. The van der Waals surface area contributed by atoms with E-state index in [0.717, 1.165) is 17.9 Å². The van der Waals surface area contributed by atoms with E-state index in [2.05, 4.69) is 50.0 Å². The van der Waals surface area contributed by atoms with Crippen LogP contribution in [0.4, 0.5) is 0 Å². The summed E-state index contributed by atoms with van der Waals surface area (Å²) in [5.41, 5.74) is 0.994. The number of benzene rings is 2. The monoisotopic (exact) mass is 300 g/mol. The molecular weight excluding hydrogens is 280 g/mol. The molecule has 1 nitrogen and oxygen atoms in total. The van der Waals surface area contributed by atoms with Gasteiger partial charge in [-0.1, -0.05) is 44.2 Å². The van der Waals surface area contributed by atoms with Gasteiger partial charge in [0.1, 0.15) is 5.75 Å². The maximum atomic E-state index is 5.88. The van der Waals surface area contributed by atoms with E-state index in [4.69, 9.17) is 16.3 Å². The standard InChI is InChI=1S/C19H21ClO/c1-3-5-15(2)14-21-19-10-9-17-12-16(6-4-11-20)7-8-18(17)13-19/h7-10,12-13,15H,3,5,11,14H2,1-2H3. The number of hydrogen-bond donors (Lipinski definition) is 0. The summed E-state index contributed by atoms with van der Waals surface area (Å²) < 4.78 is 5.88. The Bertz CT molecular complexity index is 651. The van der Waals surface area contributed by atoms with Crippen molar-refractivity contribution < 1.29 is 4.74 Å². The van der Waals surface area contributed by atoms with E-state index in [1.54, 1.807) is 0 Å². The molecule has 2 rings (SSSR count). The number of halogens is 1. The third-order valence-electron chi connectivity index (χ3n) is 3.43. The summed E-state index contributed by atoms with van der Waals surface area (Å²) in [6.45, 7) is 5.21. The van der Waals surface area contributed by atoms with Gasteiger partial charge in [-0.25, -0.2) is 0 Å². The lowest BCUT2D eigenvalue weighted by Gasteiger charge is -2.12. The van der Waals surface area contributed by atoms with E-state index in [-0.39, 0.29) is 0 Å². The Kier molecular flexibility index (Phi) is 5.96. The van der Waals surface area contributed by atoms with Crippen LogP contribution in [0.25, 0.3) is 10.8 Å². The average Bonchev–Trinajstić information content (AvgIpc) is 2.51. The van der Waals surface area contributed by atoms with Gasteiger partial charge in [0.25, 0.3) is 0 Å². The lowest BCUT2D eigenvalue weighted by molar-refractivity contribution is 0.252. The Morgan fingerprint density at radius 3 is 2.67 bits per heavy atom. The van der Waals surface area contributed by atoms with Gasteiger partial charge in [-0.3, -0.25) is 0 Å². The first-order chi connectivity index (χ1) is 10.2. The van der Waals surface area contributed by atoms with Crippen LogP contribution in [0.15, 0.2) is 36.4 Å². The van der Waals surface area contributed by atoms with Gasteiger partial charge < -0.3 is 4.74 Å². The quantitative estimate of drug-likeness (QED) is 0.541. The number of fused-ring (bicyclic) bond motifs is 1. The predicted molar refractivity (Wildman–Crippen MR) is 91.1 cm³/mol. The Labute approximate surface area is 132 Å². The highest BCUT2D eigenvalue weighted by Gasteiger charge is 2.03. The van der Waals surface area contributed by atoms with E-state index in [1.807, 2.05) is 12.1 Å². The first kappa shape index (κ1) is 15.7. The molecule has 0 N–H and O–H groups in total. The normalized spacial score (nSPS) is 11.8. The molecule has 1 unspecified atom stereocenters. The predicted octanol–water partition coefficient (Wildman–Crippen LogP) is 5.25. The van der Waals surface area contributed by atoms with Crippen molar-refractivity contribution in [1.82, 2.24) is 0 Å². The van der Waals surface area contributed by atoms with Gasteiger partial charge in [0, 0.05) is 5.56 Å². The third kappa shape index (κ3) is 4.69. The van der Waals surface area contributed by atoms with E-state index < -0.39 is 0 Å². The molecule has 0 radical (unpaired) electrons. The smallest absolute Gasteiger partial charge is 0.119 e. The number of ether oxygens (including phenoxy) is 1. The van der Waals surface area contributed by atoms with E-state index in [9.17, 15) is 0 Å². The Hall–Kier alpha value is -1.65. The second-order valence-corrected chi connectivity index (χ2v) is 5.63. The molecule has 0 aliphatic carbocycles. The first-order valence-electron chi connectivity index (χ1n) is 7.44. The summed E-state index contributed by atoms with van der Waals surface area (Å²) in [7, 11) is 0. The molecule has 110 valence electrons. The molecule has 0 saturated carbocycles. The first-order valence-corrected chi connectivity index (χ1v) is 7.98.